The maximum Gasteiger partial charge on any atom is 0.225 e. The largest absolute Gasteiger partial charge is 0.326 e. The van der Waals surface area contributed by atoms with Crippen LogP contribution in [0.3, 0.4) is 0 Å². The van der Waals surface area contributed by atoms with Crippen LogP contribution in [0.5, 0.6) is 0 Å². The zero-order valence-electron chi connectivity index (χ0n) is 11.0. The van der Waals surface area contributed by atoms with Gasteiger partial charge in [0.1, 0.15) is 0 Å². The van der Waals surface area contributed by atoms with Crippen molar-refractivity contribution in [2.24, 2.45) is 0 Å². The van der Waals surface area contributed by atoms with Gasteiger partial charge in [0.05, 0.1) is 0 Å². The number of rotatable bonds is 6. The molecule has 0 radical (unpaired) electrons. The van der Waals surface area contributed by atoms with Crippen LogP contribution < -0.4 is 10.6 Å². The van der Waals surface area contributed by atoms with Crippen LogP contribution in [0.15, 0.2) is 18.2 Å². The first kappa shape index (κ1) is 13.7. The highest BCUT2D eigenvalue weighted by molar-refractivity contribution is 5.91. The minimum absolute atomic E-state index is 0.0716. The minimum Gasteiger partial charge on any atom is -0.326 e. The molecule has 0 heterocycles. The van der Waals surface area contributed by atoms with Gasteiger partial charge in [-0.3, -0.25) is 4.79 Å². The summed E-state index contributed by atoms with van der Waals surface area (Å²) in [5.74, 6) is 0.0716. The maximum atomic E-state index is 11.7. The Morgan fingerprint density at radius 2 is 2.00 bits per heavy atom. The number of benzene rings is 1. The van der Waals surface area contributed by atoms with Crippen LogP contribution in [0.2, 0.25) is 0 Å². The highest BCUT2D eigenvalue weighted by Gasteiger charge is 2.05. The monoisotopic (exact) mass is 234 g/mol. The van der Waals surface area contributed by atoms with E-state index in [0.29, 0.717) is 6.42 Å². The van der Waals surface area contributed by atoms with Gasteiger partial charge in [-0.2, -0.15) is 0 Å². The van der Waals surface area contributed by atoms with Crippen LogP contribution in [0, 0.1) is 13.8 Å². The van der Waals surface area contributed by atoms with Gasteiger partial charge in [-0.05, 0) is 44.0 Å². The Hall–Kier alpha value is -1.35. The number of carbonyl (C=O) groups excluding carboxylic acids is 1. The third-order valence-electron chi connectivity index (χ3n) is 2.83. The zero-order chi connectivity index (χ0) is 12.7. The number of amides is 1. The lowest BCUT2D eigenvalue weighted by molar-refractivity contribution is -0.116. The lowest BCUT2D eigenvalue weighted by Gasteiger charge is -2.10. The van der Waals surface area contributed by atoms with Crippen molar-refractivity contribution in [3.05, 3.63) is 29.3 Å². The van der Waals surface area contributed by atoms with Gasteiger partial charge in [-0.15, -0.1) is 0 Å². The molecule has 0 saturated heterocycles. The summed E-state index contributed by atoms with van der Waals surface area (Å²) in [5, 5.41) is 6.17. The second kappa shape index (κ2) is 7.07. The molecule has 94 valence electrons. The molecule has 1 amide bonds. The van der Waals surface area contributed by atoms with E-state index in [9.17, 15) is 4.79 Å². The van der Waals surface area contributed by atoms with Crippen molar-refractivity contribution in [2.45, 2.75) is 33.6 Å². The average Bonchev–Trinajstić information content (AvgIpc) is 2.31. The topological polar surface area (TPSA) is 41.1 Å². The molecule has 0 aliphatic carbocycles. The van der Waals surface area contributed by atoms with Crippen LogP contribution in [0.4, 0.5) is 5.69 Å². The Labute approximate surface area is 104 Å². The number of aryl methyl sites for hydroxylation is 1. The van der Waals surface area contributed by atoms with Gasteiger partial charge in [0.15, 0.2) is 0 Å². The van der Waals surface area contributed by atoms with Crippen LogP contribution in [-0.2, 0) is 4.79 Å². The van der Waals surface area contributed by atoms with Crippen molar-refractivity contribution >= 4 is 11.6 Å². The predicted molar refractivity (Wildman–Crippen MR) is 72.3 cm³/mol. The Balaban J connectivity index is 2.43. The van der Waals surface area contributed by atoms with Crippen molar-refractivity contribution in [1.29, 1.82) is 0 Å². The minimum atomic E-state index is 0.0716. The maximum absolute atomic E-state index is 11.7. The molecule has 3 heteroatoms. The Morgan fingerprint density at radius 3 is 2.71 bits per heavy atom. The number of hydrogen-bond acceptors (Lipinski definition) is 2. The highest BCUT2D eigenvalue weighted by Crippen LogP contribution is 2.17. The van der Waals surface area contributed by atoms with E-state index in [1.54, 1.807) is 0 Å². The van der Waals surface area contributed by atoms with E-state index < -0.39 is 0 Å². The molecule has 1 aromatic rings. The van der Waals surface area contributed by atoms with Crippen LogP contribution in [-0.4, -0.2) is 19.0 Å². The first-order valence-electron chi connectivity index (χ1n) is 6.22. The van der Waals surface area contributed by atoms with Crippen LogP contribution >= 0.6 is 0 Å². The second-order valence-electron chi connectivity index (χ2n) is 4.30. The Kier molecular flexibility index (Phi) is 5.70. The second-order valence-corrected chi connectivity index (χ2v) is 4.30. The van der Waals surface area contributed by atoms with E-state index in [0.717, 1.165) is 30.8 Å². The van der Waals surface area contributed by atoms with E-state index in [-0.39, 0.29) is 5.91 Å². The smallest absolute Gasteiger partial charge is 0.225 e. The molecule has 1 rings (SSSR count). The Morgan fingerprint density at radius 1 is 1.24 bits per heavy atom. The molecule has 0 aromatic heterocycles. The quantitative estimate of drug-likeness (QED) is 0.743. The first-order chi connectivity index (χ1) is 8.15. The van der Waals surface area contributed by atoms with Crippen molar-refractivity contribution in [3.63, 3.8) is 0 Å². The molecular weight excluding hydrogens is 212 g/mol. The zero-order valence-corrected chi connectivity index (χ0v) is 11.0. The van der Waals surface area contributed by atoms with E-state index in [1.807, 2.05) is 32.0 Å². The molecule has 1 aromatic carbocycles. The lowest BCUT2D eigenvalue weighted by atomic mass is 10.1. The summed E-state index contributed by atoms with van der Waals surface area (Å²) in [6.07, 6.45) is 1.62. The first-order valence-corrected chi connectivity index (χ1v) is 6.22. The summed E-state index contributed by atoms with van der Waals surface area (Å²) in [6.45, 7) is 7.90. The van der Waals surface area contributed by atoms with Gasteiger partial charge >= 0.3 is 0 Å². The van der Waals surface area contributed by atoms with Crippen molar-refractivity contribution in [2.75, 3.05) is 18.4 Å². The van der Waals surface area contributed by atoms with Crippen molar-refractivity contribution in [1.82, 2.24) is 5.32 Å². The molecule has 17 heavy (non-hydrogen) atoms. The van der Waals surface area contributed by atoms with Gasteiger partial charge in [0.2, 0.25) is 5.91 Å². The fourth-order valence-electron chi connectivity index (χ4n) is 1.60. The molecule has 0 aliphatic heterocycles. The molecule has 0 aliphatic rings. The third-order valence-corrected chi connectivity index (χ3v) is 2.83. The number of nitrogens with one attached hydrogen (secondary N) is 2. The summed E-state index contributed by atoms with van der Waals surface area (Å²) >= 11 is 0. The molecule has 2 N–H and O–H groups in total. The molecule has 0 saturated carbocycles. The SMILES string of the molecule is CCCNCCC(=O)Nc1cccc(C)c1C. The molecule has 0 unspecified atom stereocenters. The van der Waals surface area contributed by atoms with E-state index in [1.165, 1.54) is 5.56 Å². The molecule has 0 fully saturated rings. The molecule has 0 atom stereocenters. The number of carbonyl (C=O) groups is 1. The molecule has 0 bridgehead atoms. The van der Waals surface area contributed by atoms with Gasteiger partial charge in [0.25, 0.3) is 0 Å². The summed E-state index contributed by atoms with van der Waals surface area (Å²) < 4.78 is 0. The van der Waals surface area contributed by atoms with Crippen LogP contribution in [0.25, 0.3) is 0 Å². The van der Waals surface area contributed by atoms with Gasteiger partial charge in [-0.1, -0.05) is 19.1 Å². The normalized spacial score (nSPS) is 10.3. The number of hydrogen-bond donors (Lipinski definition) is 2. The van der Waals surface area contributed by atoms with E-state index >= 15 is 0 Å². The Bertz CT molecular complexity index is 374. The number of anilines is 1. The summed E-state index contributed by atoms with van der Waals surface area (Å²) in [7, 11) is 0. The fraction of sp³-hybridized carbons (Fsp3) is 0.500. The summed E-state index contributed by atoms with van der Waals surface area (Å²) in [6, 6.07) is 5.96. The average molecular weight is 234 g/mol. The van der Waals surface area contributed by atoms with Gasteiger partial charge in [0, 0.05) is 18.7 Å². The van der Waals surface area contributed by atoms with Crippen molar-refractivity contribution in [3.8, 4) is 0 Å². The lowest BCUT2D eigenvalue weighted by Crippen LogP contribution is -2.22. The summed E-state index contributed by atoms with van der Waals surface area (Å²) in [4.78, 5) is 11.7. The molecule has 3 nitrogen and oxygen atoms in total. The fourth-order valence-corrected chi connectivity index (χ4v) is 1.60. The van der Waals surface area contributed by atoms with Crippen LogP contribution in [0.1, 0.15) is 30.9 Å². The van der Waals surface area contributed by atoms with E-state index in [4.69, 9.17) is 0 Å². The molecular formula is C14H22N2O. The predicted octanol–water partition coefficient (Wildman–Crippen LogP) is 2.63. The highest BCUT2D eigenvalue weighted by atomic mass is 16.1. The van der Waals surface area contributed by atoms with Gasteiger partial charge in [-0.25, -0.2) is 0 Å². The molecule has 0 spiro atoms. The standard InChI is InChI=1S/C14H22N2O/c1-4-9-15-10-8-14(17)16-13-7-5-6-11(2)12(13)3/h5-7,15H,4,8-10H2,1-3H3,(H,16,17). The van der Waals surface area contributed by atoms with Gasteiger partial charge < -0.3 is 10.6 Å². The van der Waals surface area contributed by atoms with E-state index in [2.05, 4.69) is 17.6 Å². The van der Waals surface area contributed by atoms with Crippen molar-refractivity contribution < 1.29 is 4.79 Å². The summed E-state index contributed by atoms with van der Waals surface area (Å²) in [5.41, 5.74) is 3.26. The third kappa shape index (κ3) is 4.57.